The van der Waals surface area contributed by atoms with Gasteiger partial charge in [0.2, 0.25) is 0 Å². The summed E-state index contributed by atoms with van der Waals surface area (Å²) >= 11 is 0. The van der Waals surface area contributed by atoms with E-state index < -0.39 is 0 Å². The fraction of sp³-hybridized carbons (Fsp3) is 0.400. The lowest BCUT2D eigenvalue weighted by Crippen LogP contribution is -2.52. The highest BCUT2D eigenvalue weighted by molar-refractivity contribution is 5.79. The number of hydrogen-bond acceptors (Lipinski definition) is 3. The van der Waals surface area contributed by atoms with E-state index in [1.165, 1.54) is 34.2 Å². The van der Waals surface area contributed by atoms with Gasteiger partial charge in [0.25, 0.3) is 0 Å². The van der Waals surface area contributed by atoms with Crippen LogP contribution in [0.1, 0.15) is 42.7 Å². The summed E-state index contributed by atoms with van der Waals surface area (Å²) in [5.74, 6) is 0.107. The monoisotopic (exact) mass is 389 g/mol. The molecule has 2 aliphatic heterocycles. The van der Waals surface area contributed by atoms with E-state index in [0.29, 0.717) is 13.2 Å². The third-order valence-electron chi connectivity index (χ3n) is 6.59. The van der Waals surface area contributed by atoms with Crippen LogP contribution in [0, 0.1) is 0 Å². The molecule has 1 amide bonds. The average molecular weight is 389 g/mol. The molecule has 2 unspecified atom stereocenters. The fourth-order valence-corrected chi connectivity index (χ4v) is 5.36. The Morgan fingerprint density at radius 2 is 1.72 bits per heavy atom. The molecule has 2 heterocycles. The molecule has 0 saturated carbocycles. The summed E-state index contributed by atoms with van der Waals surface area (Å²) in [4.78, 5) is 15.1. The van der Waals surface area contributed by atoms with Gasteiger partial charge in [0.1, 0.15) is 6.61 Å². The third kappa shape index (κ3) is 3.25. The molecule has 3 aliphatic rings. The predicted octanol–water partition coefficient (Wildman–Crippen LogP) is 5.14. The zero-order valence-electron chi connectivity index (χ0n) is 16.8. The maximum Gasteiger partial charge on any atom is 0.410 e. The highest BCUT2D eigenvalue weighted by atomic mass is 16.6. The number of benzene rings is 2. The van der Waals surface area contributed by atoms with Crippen LogP contribution in [-0.2, 0) is 9.47 Å². The molecule has 5 rings (SSSR count). The van der Waals surface area contributed by atoms with Crippen LogP contribution < -0.4 is 0 Å². The van der Waals surface area contributed by atoms with Crippen LogP contribution in [0.3, 0.4) is 0 Å². The maximum atomic E-state index is 13.1. The van der Waals surface area contributed by atoms with Crippen molar-refractivity contribution in [2.75, 3.05) is 20.3 Å². The van der Waals surface area contributed by atoms with Gasteiger partial charge in [-0.3, -0.25) is 4.90 Å². The minimum atomic E-state index is -0.172. The van der Waals surface area contributed by atoms with Crippen molar-refractivity contribution in [3.8, 4) is 11.1 Å². The van der Waals surface area contributed by atoms with Gasteiger partial charge in [-0.25, -0.2) is 4.79 Å². The first-order valence-electron chi connectivity index (χ1n) is 10.6. The molecule has 2 aromatic carbocycles. The summed E-state index contributed by atoms with van der Waals surface area (Å²) < 4.78 is 11.3. The zero-order valence-corrected chi connectivity index (χ0v) is 16.8. The van der Waals surface area contributed by atoms with E-state index in [0.717, 1.165) is 19.3 Å². The van der Waals surface area contributed by atoms with Gasteiger partial charge < -0.3 is 9.47 Å². The van der Waals surface area contributed by atoms with E-state index in [-0.39, 0.29) is 24.1 Å². The summed E-state index contributed by atoms with van der Waals surface area (Å²) in [5.41, 5.74) is 6.33. The van der Waals surface area contributed by atoms with Crippen molar-refractivity contribution in [2.24, 2.45) is 0 Å². The molecule has 1 aliphatic carbocycles. The minimum Gasteiger partial charge on any atom is -0.448 e. The van der Waals surface area contributed by atoms with Crippen LogP contribution in [0.2, 0.25) is 0 Å². The van der Waals surface area contributed by atoms with Crippen molar-refractivity contribution in [1.82, 2.24) is 4.90 Å². The molecular formula is C25H27NO3. The smallest absolute Gasteiger partial charge is 0.410 e. The zero-order chi connectivity index (χ0) is 19.8. The van der Waals surface area contributed by atoms with Crippen LogP contribution in [0.5, 0.6) is 0 Å². The number of rotatable bonds is 4. The number of methoxy groups -OCH3 is 1. The van der Waals surface area contributed by atoms with E-state index in [1.54, 1.807) is 7.11 Å². The normalized spacial score (nSPS) is 22.7. The predicted molar refractivity (Wildman–Crippen MR) is 113 cm³/mol. The Kier molecular flexibility index (Phi) is 4.88. The molecule has 4 heteroatoms. The van der Waals surface area contributed by atoms with Crippen LogP contribution >= 0.6 is 0 Å². The molecule has 4 nitrogen and oxygen atoms in total. The Morgan fingerprint density at radius 3 is 2.38 bits per heavy atom. The molecule has 0 aromatic heterocycles. The largest absolute Gasteiger partial charge is 0.448 e. The first-order chi connectivity index (χ1) is 14.3. The Morgan fingerprint density at radius 1 is 1.03 bits per heavy atom. The molecule has 0 spiro atoms. The molecule has 2 atom stereocenters. The minimum absolute atomic E-state index is 0.107. The quantitative estimate of drug-likeness (QED) is 0.680. The second kappa shape index (κ2) is 7.68. The first kappa shape index (κ1) is 18.4. The van der Waals surface area contributed by atoms with E-state index in [2.05, 4.69) is 54.6 Å². The topological polar surface area (TPSA) is 38.8 Å². The number of piperidine rings is 1. The van der Waals surface area contributed by atoms with Crippen molar-refractivity contribution in [2.45, 2.75) is 43.7 Å². The lowest BCUT2D eigenvalue weighted by molar-refractivity contribution is 0.0489. The Labute approximate surface area is 172 Å². The summed E-state index contributed by atoms with van der Waals surface area (Å²) in [5, 5.41) is 0. The van der Waals surface area contributed by atoms with E-state index in [1.807, 2.05) is 4.90 Å². The lowest BCUT2D eigenvalue weighted by atomic mass is 9.85. The van der Waals surface area contributed by atoms with Gasteiger partial charge in [-0.15, -0.1) is 0 Å². The SMILES string of the molecule is COCC1=CC2CCCC(C1)N2C(=O)OCC1c2ccccc2-c2ccccc21. The van der Waals surface area contributed by atoms with Gasteiger partial charge in [0.15, 0.2) is 0 Å². The number of nitrogens with zero attached hydrogens (tertiary/aromatic N) is 1. The van der Waals surface area contributed by atoms with Gasteiger partial charge in [0, 0.05) is 19.1 Å². The highest BCUT2D eigenvalue weighted by Crippen LogP contribution is 2.44. The van der Waals surface area contributed by atoms with Crippen molar-refractivity contribution in [1.29, 1.82) is 0 Å². The molecule has 29 heavy (non-hydrogen) atoms. The van der Waals surface area contributed by atoms with Crippen LogP contribution in [-0.4, -0.2) is 43.4 Å². The number of fused-ring (bicyclic) bond motifs is 5. The summed E-state index contributed by atoms with van der Waals surface area (Å²) in [6.07, 6.45) is 6.17. The highest BCUT2D eigenvalue weighted by Gasteiger charge is 2.38. The number of ether oxygens (including phenoxy) is 2. The number of amides is 1. The molecule has 2 bridgehead atoms. The molecule has 1 saturated heterocycles. The number of hydrogen-bond donors (Lipinski definition) is 0. The van der Waals surface area contributed by atoms with Gasteiger partial charge in [0.05, 0.1) is 12.6 Å². The van der Waals surface area contributed by atoms with Crippen molar-refractivity contribution in [3.05, 3.63) is 71.3 Å². The lowest BCUT2D eigenvalue weighted by Gasteiger charge is -2.44. The van der Waals surface area contributed by atoms with Crippen molar-refractivity contribution in [3.63, 3.8) is 0 Å². The summed E-state index contributed by atoms with van der Waals surface area (Å²) in [6, 6.07) is 17.3. The van der Waals surface area contributed by atoms with Gasteiger partial charge >= 0.3 is 6.09 Å². The van der Waals surface area contributed by atoms with Gasteiger partial charge in [-0.2, -0.15) is 0 Å². The van der Waals surface area contributed by atoms with Gasteiger partial charge in [-0.05, 0) is 53.5 Å². The fourth-order valence-electron chi connectivity index (χ4n) is 5.36. The molecule has 0 radical (unpaired) electrons. The van der Waals surface area contributed by atoms with Crippen LogP contribution in [0.4, 0.5) is 4.79 Å². The third-order valence-corrected chi connectivity index (χ3v) is 6.59. The van der Waals surface area contributed by atoms with E-state index in [9.17, 15) is 4.79 Å². The second-order valence-electron chi connectivity index (χ2n) is 8.33. The van der Waals surface area contributed by atoms with Crippen molar-refractivity contribution >= 4 is 6.09 Å². The van der Waals surface area contributed by atoms with Gasteiger partial charge in [-0.1, -0.05) is 54.6 Å². The van der Waals surface area contributed by atoms with Crippen LogP contribution in [0.15, 0.2) is 60.2 Å². The number of carbonyl (C=O) groups excluding carboxylic acids is 1. The molecule has 150 valence electrons. The van der Waals surface area contributed by atoms with Crippen molar-refractivity contribution < 1.29 is 14.3 Å². The number of carbonyl (C=O) groups is 1. The van der Waals surface area contributed by atoms with Crippen LogP contribution in [0.25, 0.3) is 11.1 Å². The maximum absolute atomic E-state index is 13.1. The Balaban J connectivity index is 1.34. The van der Waals surface area contributed by atoms with E-state index >= 15 is 0 Å². The van der Waals surface area contributed by atoms with E-state index in [4.69, 9.17) is 9.47 Å². The molecule has 2 aromatic rings. The Hall–Kier alpha value is -2.59. The Bertz CT molecular complexity index is 905. The summed E-state index contributed by atoms with van der Waals surface area (Å²) in [6.45, 7) is 1.04. The molecule has 0 N–H and O–H groups in total. The average Bonchev–Trinajstić information content (AvgIpc) is 3.05. The summed E-state index contributed by atoms with van der Waals surface area (Å²) in [7, 11) is 1.73. The molecule has 1 fully saturated rings. The first-order valence-corrected chi connectivity index (χ1v) is 10.6. The molecular weight excluding hydrogens is 362 g/mol. The second-order valence-corrected chi connectivity index (χ2v) is 8.33. The standard InChI is InChI=1S/C25H27NO3/c1-28-15-17-13-18-7-6-8-19(14-17)26(18)25(27)29-16-24-22-11-4-2-9-20(22)21-10-3-5-12-23(21)24/h2-5,9-13,18-19,24H,6-8,14-16H2,1H3.